The molecule has 2 aromatic rings. The van der Waals surface area contributed by atoms with E-state index in [1.807, 2.05) is 0 Å². The fraction of sp³-hybridized carbons (Fsp3) is 0.409. The van der Waals surface area contributed by atoms with Gasteiger partial charge in [0, 0.05) is 17.5 Å². The van der Waals surface area contributed by atoms with Gasteiger partial charge in [-0.1, -0.05) is 29.8 Å². The highest BCUT2D eigenvalue weighted by Crippen LogP contribution is 2.31. The summed E-state index contributed by atoms with van der Waals surface area (Å²) in [6.45, 7) is 3.92. The number of fused-ring (bicyclic) bond motifs is 1. The SMILES string of the molecule is Cc1cc(C)c(S(=O)(=O)NC(COc2cccc3c2CCCC3=O)C(F)(F)F)c(C)c1. The van der Waals surface area contributed by atoms with Gasteiger partial charge < -0.3 is 4.74 Å². The van der Waals surface area contributed by atoms with Crippen LogP contribution in [0, 0.1) is 20.8 Å². The molecular formula is C22H24F3NO4S. The van der Waals surface area contributed by atoms with E-state index in [4.69, 9.17) is 4.74 Å². The number of Topliss-reactive ketones (excluding diaryl/α,β-unsaturated/α-hetero) is 1. The van der Waals surface area contributed by atoms with Crippen molar-refractivity contribution < 1.29 is 31.1 Å². The van der Waals surface area contributed by atoms with E-state index < -0.39 is 28.8 Å². The van der Waals surface area contributed by atoms with Gasteiger partial charge in [0.25, 0.3) is 0 Å². The first-order valence-electron chi connectivity index (χ1n) is 9.85. The predicted molar refractivity (Wildman–Crippen MR) is 110 cm³/mol. The van der Waals surface area contributed by atoms with E-state index in [1.54, 1.807) is 49.8 Å². The normalized spacial score (nSPS) is 15.5. The molecule has 31 heavy (non-hydrogen) atoms. The van der Waals surface area contributed by atoms with Gasteiger partial charge in [-0.3, -0.25) is 4.79 Å². The molecule has 3 rings (SSSR count). The molecule has 0 radical (unpaired) electrons. The van der Waals surface area contributed by atoms with Crippen molar-refractivity contribution in [2.75, 3.05) is 6.61 Å². The third-order valence-electron chi connectivity index (χ3n) is 5.24. The molecule has 0 fully saturated rings. The van der Waals surface area contributed by atoms with Crippen molar-refractivity contribution in [1.29, 1.82) is 0 Å². The minimum Gasteiger partial charge on any atom is -0.491 e. The first-order valence-corrected chi connectivity index (χ1v) is 11.3. The highest BCUT2D eigenvalue weighted by molar-refractivity contribution is 7.89. The molecule has 0 amide bonds. The molecule has 168 valence electrons. The Morgan fingerprint density at radius 1 is 1.10 bits per heavy atom. The summed E-state index contributed by atoms with van der Waals surface area (Å²) in [6.07, 6.45) is -3.38. The Kier molecular flexibility index (Phi) is 6.48. The zero-order valence-electron chi connectivity index (χ0n) is 17.5. The summed E-state index contributed by atoms with van der Waals surface area (Å²) >= 11 is 0. The number of ketones is 1. The molecule has 0 spiro atoms. The number of carbonyl (C=O) groups is 1. The van der Waals surface area contributed by atoms with Crippen LogP contribution in [0.1, 0.15) is 45.5 Å². The second kappa shape index (κ2) is 8.63. The van der Waals surface area contributed by atoms with Crippen LogP contribution in [0.2, 0.25) is 0 Å². The summed E-state index contributed by atoms with van der Waals surface area (Å²) in [7, 11) is -4.46. The minimum atomic E-state index is -4.87. The van der Waals surface area contributed by atoms with Crippen LogP contribution >= 0.6 is 0 Å². The number of hydrogen-bond donors (Lipinski definition) is 1. The van der Waals surface area contributed by atoms with Crippen molar-refractivity contribution in [2.24, 2.45) is 0 Å². The number of alkyl halides is 3. The standard InChI is InChI=1S/C22H24F3NO4S/c1-13-10-14(2)21(15(3)11-13)31(28,29)26-20(22(23,24)25)12-30-19-9-5-6-16-17(19)7-4-8-18(16)27/h5-6,9-11,20,26H,4,7-8,12H2,1-3H3. The third-order valence-corrected chi connectivity index (χ3v) is 7.01. The van der Waals surface area contributed by atoms with Gasteiger partial charge in [-0.15, -0.1) is 0 Å². The molecule has 1 N–H and O–H groups in total. The Balaban J connectivity index is 1.86. The predicted octanol–water partition coefficient (Wildman–Crippen LogP) is 4.42. The maximum Gasteiger partial charge on any atom is 0.408 e. The van der Waals surface area contributed by atoms with E-state index in [0.717, 1.165) is 5.56 Å². The lowest BCUT2D eigenvalue weighted by Crippen LogP contribution is -2.49. The number of sulfonamides is 1. The van der Waals surface area contributed by atoms with Crippen molar-refractivity contribution in [3.8, 4) is 5.75 Å². The first-order chi connectivity index (χ1) is 14.4. The average molecular weight is 455 g/mol. The Morgan fingerprint density at radius 3 is 2.35 bits per heavy atom. The number of nitrogens with one attached hydrogen (secondary N) is 1. The summed E-state index contributed by atoms with van der Waals surface area (Å²) in [6, 6.07) is 5.42. The lowest BCUT2D eigenvalue weighted by molar-refractivity contribution is -0.157. The number of carbonyl (C=O) groups excluding carboxylic acids is 1. The van der Waals surface area contributed by atoms with Gasteiger partial charge in [-0.2, -0.15) is 17.9 Å². The zero-order valence-corrected chi connectivity index (χ0v) is 18.3. The van der Waals surface area contributed by atoms with Gasteiger partial charge in [-0.05, 0) is 50.8 Å². The lowest BCUT2D eigenvalue weighted by atomic mass is 9.90. The summed E-state index contributed by atoms with van der Waals surface area (Å²) < 4.78 is 73.8. The smallest absolute Gasteiger partial charge is 0.408 e. The van der Waals surface area contributed by atoms with Crippen LogP contribution in [-0.2, 0) is 16.4 Å². The van der Waals surface area contributed by atoms with Crippen LogP contribution in [0.3, 0.4) is 0 Å². The summed E-state index contributed by atoms with van der Waals surface area (Å²) in [5.74, 6) is 0.0896. The average Bonchev–Trinajstić information content (AvgIpc) is 2.63. The van der Waals surface area contributed by atoms with Crippen LogP contribution in [-0.4, -0.2) is 33.0 Å². The maximum absolute atomic E-state index is 13.7. The summed E-state index contributed by atoms with van der Waals surface area (Å²) in [4.78, 5) is 11.9. The van der Waals surface area contributed by atoms with Gasteiger partial charge >= 0.3 is 6.18 Å². The highest BCUT2D eigenvalue weighted by Gasteiger charge is 2.43. The topological polar surface area (TPSA) is 72.5 Å². The number of ether oxygens (including phenoxy) is 1. The second-order valence-corrected chi connectivity index (χ2v) is 9.46. The number of rotatable bonds is 6. The number of benzene rings is 2. The molecule has 0 saturated heterocycles. The van der Waals surface area contributed by atoms with Gasteiger partial charge in [0.2, 0.25) is 10.0 Å². The molecule has 0 bridgehead atoms. The number of hydrogen-bond acceptors (Lipinski definition) is 4. The summed E-state index contributed by atoms with van der Waals surface area (Å²) in [5.41, 5.74) is 2.55. The van der Waals surface area contributed by atoms with Gasteiger partial charge in [-0.25, -0.2) is 8.42 Å². The Bertz CT molecular complexity index is 1090. The molecule has 1 aliphatic carbocycles. The molecule has 0 heterocycles. The fourth-order valence-electron chi connectivity index (χ4n) is 3.99. The van der Waals surface area contributed by atoms with Crippen molar-refractivity contribution in [1.82, 2.24) is 4.72 Å². The van der Waals surface area contributed by atoms with Crippen molar-refractivity contribution >= 4 is 15.8 Å². The molecule has 0 aromatic heterocycles. The number of halogens is 3. The van der Waals surface area contributed by atoms with E-state index in [1.165, 1.54) is 6.07 Å². The molecule has 1 unspecified atom stereocenters. The quantitative estimate of drug-likeness (QED) is 0.700. The Hall–Kier alpha value is -2.39. The van der Waals surface area contributed by atoms with Crippen molar-refractivity contribution in [2.45, 2.75) is 57.1 Å². The molecule has 9 heteroatoms. The van der Waals surface area contributed by atoms with Gasteiger partial charge in [0.05, 0.1) is 4.90 Å². The molecule has 5 nitrogen and oxygen atoms in total. The van der Waals surface area contributed by atoms with Crippen LogP contribution in [0.5, 0.6) is 5.75 Å². The Labute approximate surface area is 179 Å². The van der Waals surface area contributed by atoms with Gasteiger partial charge in [0.1, 0.15) is 12.4 Å². The van der Waals surface area contributed by atoms with E-state index in [-0.39, 0.29) is 16.4 Å². The first kappa shape index (κ1) is 23.3. The molecule has 1 aliphatic rings. The molecule has 2 aromatic carbocycles. The van der Waals surface area contributed by atoms with Gasteiger partial charge in [0.15, 0.2) is 11.8 Å². The number of aryl methyl sites for hydroxylation is 3. The van der Waals surface area contributed by atoms with E-state index in [0.29, 0.717) is 41.5 Å². The lowest BCUT2D eigenvalue weighted by Gasteiger charge is -2.24. The molecule has 0 saturated carbocycles. The Morgan fingerprint density at radius 2 is 1.74 bits per heavy atom. The third kappa shape index (κ3) is 5.10. The highest BCUT2D eigenvalue weighted by atomic mass is 32.2. The van der Waals surface area contributed by atoms with Crippen LogP contribution in [0.4, 0.5) is 13.2 Å². The monoisotopic (exact) mass is 455 g/mol. The van der Waals surface area contributed by atoms with Crippen LogP contribution in [0.25, 0.3) is 0 Å². The molecule has 1 atom stereocenters. The maximum atomic E-state index is 13.7. The van der Waals surface area contributed by atoms with Crippen molar-refractivity contribution in [3.63, 3.8) is 0 Å². The molecular weight excluding hydrogens is 431 g/mol. The second-order valence-electron chi connectivity index (χ2n) is 7.81. The van der Waals surface area contributed by atoms with Crippen molar-refractivity contribution in [3.05, 3.63) is 58.1 Å². The summed E-state index contributed by atoms with van der Waals surface area (Å²) in [5, 5.41) is 0. The molecule has 0 aliphatic heterocycles. The fourth-order valence-corrected chi connectivity index (χ4v) is 5.65. The van der Waals surface area contributed by atoms with E-state index in [9.17, 15) is 26.4 Å². The largest absolute Gasteiger partial charge is 0.491 e. The van der Waals surface area contributed by atoms with Crippen LogP contribution < -0.4 is 9.46 Å². The minimum absolute atomic E-state index is 0.0786. The van der Waals surface area contributed by atoms with E-state index in [2.05, 4.69) is 0 Å². The zero-order chi connectivity index (χ0) is 23.0. The van der Waals surface area contributed by atoms with Crippen LogP contribution in [0.15, 0.2) is 35.2 Å². The van der Waals surface area contributed by atoms with E-state index >= 15 is 0 Å².